The van der Waals surface area contributed by atoms with Gasteiger partial charge in [0.1, 0.15) is 5.78 Å². The van der Waals surface area contributed by atoms with Crippen LogP contribution in [0.3, 0.4) is 0 Å². The number of benzene rings is 1. The molecule has 0 radical (unpaired) electrons. The third kappa shape index (κ3) is 7.83. The van der Waals surface area contributed by atoms with E-state index in [0.29, 0.717) is 72.5 Å². The first-order chi connectivity index (χ1) is 29.2. The number of aliphatic carboxylic acids is 1. The standard InChI is InChI=1S/C53H79N3O6/c1-32(2)45-42(58)30-53(22-23-54-31-49(4,5)55-47(59)34-10-12-36(13-11-34)56-24-26-62-27-25-56)21-17-40-37(46(45)53)14-15-44-51(40,8)20-18-43-50(6,7)35(16-19-52(43,44)9)28-41(57)38-29-39(33(38)3)48(60)61/h10-13,32-33,35,37-40,43-44,54H,14-31H2,1-9H3,(H,55,59)(H,60,61). The zero-order chi connectivity index (χ0) is 44.6. The van der Waals surface area contributed by atoms with E-state index >= 15 is 0 Å². The van der Waals surface area contributed by atoms with Crippen LogP contribution in [0.1, 0.15) is 150 Å². The number of Topliss-reactive ketones (excluding diaryl/α,β-unsaturated/α-hetero) is 2. The van der Waals surface area contributed by atoms with Crippen molar-refractivity contribution in [2.45, 2.75) is 145 Å². The number of anilines is 1. The zero-order valence-corrected chi connectivity index (χ0v) is 39.7. The molecule has 6 aliphatic carbocycles. The molecule has 62 heavy (non-hydrogen) atoms. The van der Waals surface area contributed by atoms with Gasteiger partial charge in [0.25, 0.3) is 5.91 Å². The predicted molar refractivity (Wildman–Crippen MR) is 245 cm³/mol. The molecule has 8 rings (SSSR count). The topological polar surface area (TPSA) is 125 Å². The summed E-state index contributed by atoms with van der Waals surface area (Å²) in [6, 6.07) is 7.91. The van der Waals surface area contributed by atoms with E-state index in [4.69, 9.17) is 4.74 Å². The summed E-state index contributed by atoms with van der Waals surface area (Å²) in [5.74, 6) is 2.13. The van der Waals surface area contributed by atoms with Crippen molar-refractivity contribution in [1.29, 1.82) is 0 Å². The second-order valence-electron chi connectivity index (χ2n) is 23.6. The highest BCUT2D eigenvalue weighted by Gasteiger charge is 2.66. The maximum absolute atomic E-state index is 14.1. The smallest absolute Gasteiger partial charge is 0.306 e. The zero-order valence-electron chi connectivity index (χ0n) is 39.7. The number of ketones is 2. The number of carboxylic acid groups (broad SMARTS) is 1. The van der Waals surface area contributed by atoms with Gasteiger partial charge in [-0.3, -0.25) is 19.2 Å². The van der Waals surface area contributed by atoms with Crippen LogP contribution in [0.5, 0.6) is 0 Å². The first-order valence-corrected chi connectivity index (χ1v) is 24.7. The molecule has 1 aliphatic heterocycles. The van der Waals surface area contributed by atoms with Gasteiger partial charge in [-0.05, 0) is 172 Å². The molecule has 342 valence electrons. The first-order valence-electron chi connectivity index (χ1n) is 24.7. The molecule has 7 aliphatic rings. The van der Waals surface area contributed by atoms with Crippen molar-refractivity contribution in [3.05, 3.63) is 41.0 Å². The molecule has 0 aromatic heterocycles. The summed E-state index contributed by atoms with van der Waals surface area (Å²) in [5.41, 5.74) is 4.42. The van der Waals surface area contributed by atoms with E-state index in [0.717, 1.165) is 63.4 Å². The molecule has 5 saturated carbocycles. The molecule has 1 saturated heterocycles. The van der Waals surface area contributed by atoms with Crippen molar-refractivity contribution >= 4 is 29.1 Å². The Labute approximate surface area is 372 Å². The van der Waals surface area contributed by atoms with E-state index in [2.05, 4.69) is 70.9 Å². The summed E-state index contributed by atoms with van der Waals surface area (Å²) < 4.78 is 5.50. The van der Waals surface area contributed by atoms with Crippen molar-refractivity contribution < 1.29 is 29.0 Å². The van der Waals surface area contributed by atoms with Crippen molar-refractivity contribution in [2.75, 3.05) is 44.3 Å². The van der Waals surface area contributed by atoms with Gasteiger partial charge >= 0.3 is 5.97 Å². The second-order valence-corrected chi connectivity index (χ2v) is 23.6. The Balaban J connectivity index is 0.916. The maximum atomic E-state index is 14.1. The molecule has 1 aromatic carbocycles. The van der Waals surface area contributed by atoms with Crippen molar-refractivity contribution in [2.24, 2.45) is 74.9 Å². The van der Waals surface area contributed by atoms with Crippen LogP contribution in [-0.2, 0) is 19.1 Å². The van der Waals surface area contributed by atoms with Crippen LogP contribution < -0.4 is 15.5 Å². The minimum absolute atomic E-state index is 0.0477. The number of ether oxygens (including phenoxy) is 1. The normalized spacial score (nSPS) is 37.8. The van der Waals surface area contributed by atoms with Crippen LogP contribution in [0.2, 0.25) is 0 Å². The molecule has 3 N–H and O–H groups in total. The Hall–Kier alpha value is -3.04. The summed E-state index contributed by atoms with van der Waals surface area (Å²) in [4.78, 5) is 55.1. The molecule has 11 atom stereocenters. The number of carboxylic acids is 1. The molecular weight excluding hydrogens is 775 g/mol. The van der Waals surface area contributed by atoms with Gasteiger partial charge in [-0.2, -0.15) is 0 Å². The van der Waals surface area contributed by atoms with Crippen LogP contribution in [0.15, 0.2) is 35.4 Å². The van der Waals surface area contributed by atoms with E-state index in [1.54, 1.807) is 0 Å². The second kappa shape index (κ2) is 16.7. The van der Waals surface area contributed by atoms with Gasteiger partial charge in [0.15, 0.2) is 5.78 Å². The lowest BCUT2D eigenvalue weighted by Gasteiger charge is -2.69. The predicted octanol–water partition coefficient (Wildman–Crippen LogP) is 9.53. The number of nitrogens with one attached hydrogen (secondary N) is 2. The summed E-state index contributed by atoms with van der Waals surface area (Å²) in [7, 11) is 0. The largest absolute Gasteiger partial charge is 0.481 e. The maximum Gasteiger partial charge on any atom is 0.306 e. The monoisotopic (exact) mass is 854 g/mol. The minimum atomic E-state index is -0.756. The van der Waals surface area contributed by atoms with Crippen molar-refractivity contribution in [3.63, 3.8) is 0 Å². The van der Waals surface area contributed by atoms with Gasteiger partial charge in [0.2, 0.25) is 0 Å². The lowest BCUT2D eigenvalue weighted by atomic mass is 9.35. The van der Waals surface area contributed by atoms with Crippen LogP contribution in [0.4, 0.5) is 5.69 Å². The van der Waals surface area contributed by atoms with Crippen LogP contribution in [-0.4, -0.2) is 73.5 Å². The van der Waals surface area contributed by atoms with Crippen LogP contribution in [0, 0.1) is 74.9 Å². The van der Waals surface area contributed by atoms with Gasteiger partial charge in [-0.25, -0.2) is 0 Å². The minimum Gasteiger partial charge on any atom is -0.481 e. The van der Waals surface area contributed by atoms with E-state index in [9.17, 15) is 24.3 Å². The number of rotatable bonds is 13. The fourth-order valence-electron chi connectivity index (χ4n) is 15.9. The third-order valence-electron chi connectivity index (χ3n) is 19.2. The highest BCUT2D eigenvalue weighted by molar-refractivity contribution is 6.00. The van der Waals surface area contributed by atoms with Gasteiger partial charge in [0.05, 0.1) is 19.1 Å². The van der Waals surface area contributed by atoms with E-state index in [1.165, 1.54) is 44.1 Å². The Kier molecular flexibility index (Phi) is 12.3. The number of carbonyl (C=O) groups is 4. The first kappa shape index (κ1) is 45.5. The molecule has 9 nitrogen and oxygen atoms in total. The molecular formula is C53H79N3O6. The molecule has 1 aromatic rings. The van der Waals surface area contributed by atoms with Crippen LogP contribution in [0.25, 0.3) is 0 Å². The quantitative estimate of drug-likeness (QED) is 0.168. The lowest BCUT2D eigenvalue weighted by molar-refractivity contribution is -0.193. The summed E-state index contributed by atoms with van der Waals surface area (Å²) >= 11 is 0. The van der Waals surface area contributed by atoms with Crippen molar-refractivity contribution in [3.8, 4) is 0 Å². The Morgan fingerprint density at radius 3 is 2.26 bits per heavy atom. The number of nitrogens with zero attached hydrogens (tertiary/aromatic N) is 1. The Morgan fingerprint density at radius 2 is 1.60 bits per heavy atom. The number of allylic oxidation sites excluding steroid dienone is 2. The number of carbonyl (C=O) groups excluding carboxylic acids is 3. The van der Waals surface area contributed by atoms with Crippen LogP contribution >= 0.6 is 0 Å². The molecule has 6 fully saturated rings. The average Bonchev–Trinajstić information content (AvgIpc) is 3.52. The highest BCUT2D eigenvalue weighted by Crippen LogP contribution is 2.74. The molecule has 1 heterocycles. The van der Waals surface area contributed by atoms with Gasteiger partial charge in [-0.15, -0.1) is 0 Å². The molecule has 9 heteroatoms. The summed E-state index contributed by atoms with van der Waals surface area (Å²) in [6.45, 7) is 25.4. The third-order valence-corrected chi connectivity index (χ3v) is 19.2. The Morgan fingerprint density at radius 1 is 0.903 bits per heavy atom. The van der Waals surface area contributed by atoms with E-state index < -0.39 is 11.5 Å². The lowest BCUT2D eigenvalue weighted by Crippen LogP contribution is -2.62. The molecule has 1 amide bonds. The summed E-state index contributed by atoms with van der Waals surface area (Å²) in [5, 5.41) is 16.6. The molecule has 11 unspecified atom stereocenters. The number of hydrogen-bond donors (Lipinski definition) is 3. The van der Waals surface area contributed by atoms with Gasteiger partial charge < -0.3 is 25.4 Å². The number of fused-ring (bicyclic) bond motifs is 7. The van der Waals surface area contributed by atoms with E-state index in [-0.39, 0.29) is 51.2 Å². The number of hydrogen-bond acceptors (Lipinski definition) is 7. The fraction of sp³-hybridized carbons (Fsp3) is 0.774. The van der Waals surface area contributed by atoms with Crippen molar-refractivity contribution in [1.82, 2.24) is 10.6 Å². The highest BCUT2D eigenvalue weighted by atomic mass is 16.5. The summed E-state index contributed by atoms with van der Waals surface area (Å²) in [6.07, 6.45) is 12.0. The van der Waals surface area contributed by atoms with E-state index in [1.807, 2.05) is 31.2 Å². The Bertz CT molecular complexity index is 1930. The SMILES string of the molecule is CC(C)C1=C2C3CCC4C(C)(CCC5C(C)(C)C(CC(=O)C6CC(C(=O)O)C6C)CCC54C)C3CCC2(CCNCC(C)(C)NC(=O)c2ccc(N3CCOCC3)cc2)CC1=O. The average molecular weight is 854 g/mol. The molecule has 0 bridgehead atoms. The van der Waals surface area contributed by atoms with Gasteiger partial charge in [0, 0.05) is 60.6 Å². The van der Waals surface area contributed by atoms with Gasteiger partial charge in [-0.1, -0.05) is 54.0 Å². The fourth-order valence-corrected chi connectivity index (χ4v) is 15.9. The number of amides is 1. The number of morpholine rings is 1. The molecule has 0 spiro atoms.